The van der Waals surface area contributed by atoms with Crippen molar-refractivity contribution in [1.82, 2.24) is 19.3 Å². The molecule has 0 spiro atoms. The van der Waals surface area contributed by atoms with Crippen LogP contribution in [0.3, 0.4) is 0 Å². The molecule has 0 aliphatic rings. The van der Waals surface area contributed by atoms with Crippen LogP contribution < -0.4 is 16.4 Å². The highest BCUT2D eigenvalue weighted by atomic mass is 16.1. The summed E-state index contributed by atoms with van der Waals surface area (Å²) in [7, 11) is 0. The van der Waals surface area contributed by atoms with E-state index in [1.165, 1.54) is 4.40 Å². The van der Waals surface area contributed by atoms with Gasteiger partial charge in [-0.1, -0.05) is 52.0 Å². The maximum atomic E-state index is 13.3. The van der Waals surface area contributed by atoms with E-state index in [2.05, 4.69) is 19.2 Å². The molecule has 0 bridgehead atoms. The molecule has 0 radical (unpaired) electrons. The van der Waals surface area contributed by atoms with Gasteiger partial charge in [0.2, 0.25) is 0 Å². The Morgan fingerprint density at radius 3 is 2.58 bits per heavy atom. The second kappa shape index (κ2) is 10.4. The van der Waals surface area contributed by atoms with Crippen LogP contribution in [0, 0.1) is 12.3 Å². The third-order valence-electron chi connectivity index (χ3n) is 5.68. The summed E-state index contributed by atoms with van der Waals surface area (Å²) in [6, 6.07) is 5.27. The summed E-state index contributed by atoms with van der Waals surface area (Å²) in [6.45, 7) is 7.30. The highest BCUT2D eigenvalue weighted by molar-refractivity contribution is 5.96. The first-order valence-corrected chi connectivity index (χ1v) is 11.4. The number of aromatic nitrogens is 3. The minimum Gasteiger partial charge on any atom is -0.352 e. The molecular formula is C24H33N5O2. The molecule has 0 aromatic carbocycles. The molecule has 0 saturated carbocycles. The van der Waals surface area contributed by atoms with Gasteiger partial charge in [-0.05, 0) is 37.5 Å². The Balaban J connectivity index is 2.11. The predicted molar refractivity (Wildman–Crippen MR) is 124 cm³/mol. The molecule has 0 unspecified atom stereocenters. The Labute approximate surface area is 182 Å². The fourth-order valence-electron chi connectivity index (χ4n) is 3.86. The number of pyridine rings is 2. The second-order valence-electron chi connectivity index (χ2n) is 8.12. The van der Waals surface area contributed by atoms with Crippen LogP contribution in [0.1, 0.15) is 74.7 Å². The van der Waals surface area contributed by atoms with Crippen molar-refractivity contribution in [2.45, 2.75) is 72.3 Å². The molecule has 3 aromatic rings. The molecule has 0 aliphatic carbocycles. The van der Waals surface area contributed by atoms with E-state index in [1.807, 2.05) is 19.1 Å². The standard InChI is InChI=1S/C24H33N5O2/c1-4-6-8-9-13-26-23(30)18-16-19-22(28(20(18)25)14-10-7-5-2)27-21-17(3)12-11-15-29(21)24(19)31/h11-12,15-16,25H,4-10,13-14H2,1-3H3,(H,26,30). The topological polar surface area (TPSA) is 92.2 Å². The Morgan fingerprint density at radius 2 is 1.84 bits per heavy atom. The van der Waals surface area contributed by atoms with Gasteiger partial charge in [-0.25, -0.2) is 4.98 Å². The number of carbonyl (C=O) groups is 1. The third-order valence-corrected chi connectivity index (χ3v) is 5.68. The van der Waals surface area contributed by atoms with E-state index in [4.69, 9.17) is 10.4 Å². The highest BCUT2D eigenvalue weighted by Gasteiger charge is 2.17. The number of nitrogens with zero attached hydrogens (tertiary/aromatic N) is 3. The van der Waals surface area contributed by atoms with Crippen molar-refractivity contribution in [1.29, 1.82) is 5.41 Å². The van der Waals surface area contributed by atoms with Crippen LogP contribution in [-0.4, -0.2) is 26.4 Å². The number of hydrogen-bond donors (Lipinski definition) is 2. The van der Waals surface area contributed by atoms with E-state index in [0.717, 1.165) is 50.5 Å². The molecule has 3 aromatic heterocycles. The van der Waals surface area contributed by atoms with E-state index in [-0.39, 0.29) is 22.5 Å². The van der Waals surface area contributed by atoms with Crippen LogP contribution >= 0.6 is 0 Å². The SMILES string of the molecule is CCCCCCNC(=O)c1cc2c(=O)n3cccc(C)c3nc2n(CCCCC)c1=N. The first-order valence-electron chi connectivity index (χ1n) is 11.4. The Kier molecular flexibility index (Phi) is 7.60. The Morgan fingerprint density at radius 1 is 1.10 bits per heavy atom. The molecule has 31 heavy (non-hydrogen) atoms. The molecular weight excluding hydrogens is 390 g/mol. The normalized spacial score (nSPS) is 11.3. The van der Waals surface area contributed by atoms with Gasteiger partial charge in [0.1, 0.15) is 16.8 Å². The smallest absolute Gasteiger partial charge is 0.267 e. The largest absolute Gasteiger partial charge is 0.352 e. The lowest BCUT2D eigenvalue weighted by atomic mass is 10.1. The third kappa shape index (κ3) is 4.86. The molecule has 3 rings (SSSR count). The molecule has 0 saturated heterocycles. The van der Waals surface area contributed by atoms with Crippen molar-refractivity contribution in [3.63, 3.8) is 0 Å². The van der Waals surface area contributed by atoms with Gasteiger partial charge >= 0.3 is 0 Å². The van der Waals surface area contributed by atoms with Crippen molar-refractivity contribution in [3.8, 4) is 0 Å². The van der Waals surface area contributed by atoms with E-state index in [9.17, 15) is 9.59 Å². The molecule has 1 amide bonds. The number of hydrogen-bond acceptors (Lipinski definition) is 4. The monoisotopic (exact) mass is 423 g/mol. The van der Waals surface area contributed by atoms with Crippen LogP contribution in [0.25, 0.3) is 16.7 Å². The van der Waals surface area contributed by atoms with Gasteiger partial charge in [0.15, 0.2) is 0 Å². The zero-order valence-corrected chi connectivity index (χ0v) is 18.8. The maximum Gasteiger partial charge on any atom is 0.267 e. The molecule has 3 heterocycles. The maximum absolute atomic E-state index is 13.3. The molecule has 166 valence electrons. The van der Waals surface area contributed by atoms with Gasteiger partial charge in [-0.2, -0.15) is 0 Å². The first-order chi connectivity index (χ1) is 15.0. The van der Waals surface area contributed by atoms with E-state index in [1.54, 1.807) is 16.8 Å². The number of rotatable bonds is 10. The number of nitrogens with one attached hydrogen (secondary N) is 2. The minimum absolute atomic E-state index is 0.111. The van der Waals surface area contributed by atoms with Crippen LogP contribution in [0.2, 0.25) is 0 Å². The summed E-state index contributed by atoms with van der Waals surface area (Å²) in [5.74, 6) is -0.304. The quantitative estimate of drug-likeness (QED) is 0.382. The minimum atomic E-state index is -0.304. The van der Waals surface area contributed by atoms with Gasteiger partial charge < -0.3 is 9.88 Å². The summed E-state index contributed by atoms with van der Waals surface area (Å²) < 4.78 is 3.24. The van der Waals surface area contributed by atoms with Gasteiger partial charge in [-0.3, -0.25) is 19.4 Å². The Bertz CT molecular complexity index is 1190. The number of unbranched alkanes of at least 4 members (excludes halogenated alkanes) is 5. The van der Waals surface area contributed by atoms with Crippen molar-refractivity contribution in [2.24, 2.45) is 0 Å². The van der Waals surface area contributed by atoms with Crippen molar-refractivity contribution < 1.29 is 4.79 Å². The predicted octanol–water partition coefficient (Wildman–Crippen LogP) is 3.94. The zero-order chi connectivity index (χ0) is 22.4. The van der Waals surface area contributed by atoms with Crippen LogP contribution in [-0.2, 0) is 6.54 Å². The lowest BCUT2D eigenvalue weighted by Gasteiger charge is -2.15. The van der Waals surface area contributed by atoms with Gasteiger partial charge in [0.25, 0.3) is 11.5 Å². The van der Waals surface area contributed by atoms with Crippen molar-refractivity contribution in [3.05, 3.63) is 51.4 Å². The van der Waals surface area contributed by atoms with E-state index in [0.29, 0.717) is 29.8 Å². The van der Waals surface area contributed by atoms with Gasteiger partial charge in [0, 0.05) is 19.3 Å². The van der Waals surface area contributed by atoms with Crippen molar-refractivity contribution >= 4 is 22.6 Å². The number of amides is 1. The highest BCUT2D eigenvalue weighted by Crippen LogP contribution is 2.13. The molecule has 2 N–H and O–H groups in total. The lowest BCUT2D eigenvalue weighted by molar-refractivity contribution is 0.0950. The molecule has 7 heteroatoms. The lowest BCUT2D eigenvalue weighted by Crippen LogP contribution is -2.35. The van der Waals surface area contributed by atoms with Crippen molar-refractivity contribution in [2.75, 3.05) is 6.54 Å². The summed E-state index contributed by atoms with van der Waals surface area (Å²) in [4.78, 5) is 30.9. The van der Waals surface area contributed by atoms with Crippen LogP contribution in [0.15, 0.2) is 29.2 Å². The molecule has 0 fully saturated rings. The second-order valence-corrected chi connectivity index (χ2v) is 8.12. The average Bonchev–Trinajstić information content (AvgIpc) is 2.76. The zero-order valence-electron chi connectivity index (χ0n) is 18.8. The summed E-state index contributed by atoms with van der Waals surface area (Å²) in [5.41, 5.74) is 2.06. The molecule has 7 nitrogen and oxygen atoms in total. The first kappa shape index (κ1) is 22.7. The number of carbonyl (C=O) groups excluding carboxylic acids is 1. The number of aryl methyl sites for hydroxylation is 2. The molecule has 0 aliphatic heterocycles. The summed E-state index contributed by atoms with van der Waals surface area (Å²) in [6.07, 6.45) is 8.86. The fraction of sp³-hybridized carbons (Fsp3) is 0.500. The number of fused-ring (bicyclic) bond motifs is 2. The Hall–Kier alpha value is -2.96. The van der Waals surface area contributed by atoms with Gasteiger partial charge in [-0.15, -0.1) is 0 Å². The van der Waals surface area contributed by atoms with Crippen LogP contribution in [0.5, 0.6) is 0 Å². The summed E-state index contributed by atoms with van der Waals surface area (Å²) >= 11 is 0. The fourth-order valence-corrected chi connectivity index (χ4v) is 3.86. The van der Waals surface area contributed by atoms with Crippen LogP contribution in [0.4, 0.5) is 0 Å². The van der Waals surface area contributed by atoms with E-state index < -0.39 is 0 Å². The summed E-state index contributed by atoms with van der Waals surface area (Å²) in [5, 5.41) is 12.0. The van der Waals surface area contributed by atoms with Gasteiger partial charge in [0.05, 0.1) is 10.9 Å². The van der Waals surface area contributed by atoms with E-state index >= 15 is 0 Å². The average molecular weight is 424 g/mol. The molecule has 0 atom stereocenters.